The molecule has 2 heteroatoms. The Morgan fingerprint density at radius 2 is 2.00 bits per heavy atom. The second-order valence-corrected chi connectivity index (χ2v) is 4.09. The molecule has 0 aliphatic carbocycles. The maximum atomic E-state index is 3.55. The number of hydrogen-bond acceptors (Lipinski definition) is 1. The first-order valence-electron chi connectivity index (χ1n) is 4.66. The Hall–Kier alpha value is -0.340. The standard InChI is InChI=1S/C11H16BrN/c1-3-13(2)9-8-10-6-4-5-7-11(10)12/h4-7H,3,8-9H2,1-2H3. The van der Waals surface area contributed by atoms with Crippen LogP contribution in [0.4, 0.5) is 0 Å². The van der Waals surface area contributed by atoms with Gasteiger partial charge in [-0.15, -0.1) is 0 Å². The lowest BCUT2D eigenvalue weighted by atomic mass is 10.1. The van der Waals surface area contributed by atoms with Gasteiger partial charge in [-0.2, -0.15) is 0 Å². The Balaban J connectivity index is 2.50. The average molecular weight is 242 g/mol. The molecular weight excluding hydrogens is 226 g/mol. The number of halogens is 1. The summed E-state index contributed by atoms with van der Waals surface area (Å²) in [5.41, 5.74) is 1.39. The zero-order valence-electron chi connectivity index (χ0n) is 8.26. The maximum Gasteiger partial charge on any atom is 0.0207 e. The Labute approximate surface area is 88.9 Å². The van der Waals surface area contributed by atoms with Crippen LogP contribution in [0.1, 0.15) is 12.5 Å². The fraction of sp³-hybridized carbons (Fsp3) is 0.455. The SMILES string of the molecule is CCN(C)CCc1ccccc1Br. The van der Waals surface area contributed by atoms with Crippen LogP contribution >= 0.6 is 15.9 Å². The Bertz CT molecular complexity index is 260. The number of likely N-dealkylation sites (N-methyl/N-ethyl adjacent to an activating group) is 1. The van der Waals surface area contributed by atoms with Crippen molar-refractivity contribution in [1.82, 2.24) is 4.90 Å². The molecule has 0 aliphatic heterocycles. The monoisotopic (exact) mass is 241 g/mol. The topological polar surface area (TPSA) is 3.24 Å². The van der Waals surface area contributed by atoms with Crippen molar-refractivity contribution in [3.8, 4) is 0 Å². The van der Waals surface area contributed by atoms with Gasteiger partial charge in [-0.05, 0) is 31.6 Å². The molecule has 0 atom stereocenters. The van der Waals surface area contributed by atoms with Gasteiger partial charge in [0.1, 0.15) is 0 Å². The van der Waals surface area contributed by atoms with Crippen molar-refractivity contribution in [1.29, 1.82) is 0 Å². The summed E-state index contributed by atoms with van der Waals surface area (Å²) in [5.74, 6) is 0. The van der Waals surface area contributed by atoms with Gasteiger partial charge < -0.3 is 4.90 Å². The highest BCUT2D eigenvalue weighted by Crippen LogP contribution is 2.16. The molecule has 0 radical (unpaired) electrons. The lowest BCUT2D eigenvalue weighted by molar-refractivity contribution is 0.357. The highest BCUT2D eigenvalue weighted by molar-refractivity contribution is 9.10. The molecule has 0 saturated carbocycles. The van der Waals surface area contributed by atoms with E-state index in [1.165, 1.54) is 10.0 Å². The van der Waals surface area contributed by atoms with E-state index in [1.807, 2.05) is 0 Å². The highest BCUT2D eigenvalue weighted by Gasteiger charge is 1.99. The van der Waals surface area contributed by atoms with Crippen LogP contribution in [0.5, 0.6) is 0 Å². The summed E-state index contributed by atoms with van der Waals surface area (Å²) < 4.78 is 1.22. The van der Waals surface area contributed by atoms with Crippen LogP contribution in [0, 0.1) is 0 Å². The molecule has 0 aliphatic rings. The molecule has 0 saturated heterocycles. The van der Waals surface area contributed by atoms with E-state index in [0.29, 0.717) is 0 Å². The molecule has 72 valence electrons. The minimum atomic E-state index is 1.12. The van der Waals surface area contributed by atoms with E-state index < -0.39 is 0 Å². The number of nitrogens with zero attached hydrogens (tertiary/aromatic N) is 1. The summed E-state index contributed by atoms with van der Waals surface area (Å²) in [7, 11) is 2.15. The molecule has 0 bridgehead atoms. The lowest BCUT2D eigenvalue weighted by Gasteiger charge is -2.13. The molecular formula is C11H16BrN. The molecule has 0 aromatic heterocycles. The van der Waals surface area contributed by atoms with Crippen molar-refractivity contribution < 1.29 is 0 Å². The highest BCUT2D eigenvalue weighted by atomic mass is 79.9. The van der Waals surface area contributed by atoms with E-state index in [4.69, 9.17) is 0 Å². The summed E-state index contributed by atoms with van der Waals surface area (Å²) in [6.45, 7) is 4.42. The summed E-state index contributed by atoms with van der Waals surface area (Å²) in [6.07, 6.45) is 1.12. The van der Waals surface area contributed by atoms with E-state index in [-0.39, 0.29) is 0 Å². The molecule has 1 aromatic rings. The van der Waals surface area contributed by atoms with Gasteiger partial charge in [0.15, 0.2) is 0 Å². The van der Waals surface area contributed by atoms with Gasteiger partial charge in [-0.3, -0.25) is 0 Å². The summed E-state index contributed by atoms with van der Waals surface area (Å²) in [5, 5.41) is 0. The minimum Gasteiger partial charge on any atom is -0.306 e. The van der Waals surface area contributed by atoms with E-state index in [0.717, 1.165) is 19.5 Å². The number of rotatable bonds is 4. The van der Waals surface area contributed by atoms with Gasteiger partial charge in [-0.25, -0.2) is 0 Å². The van der Waals surface area contributed by atoms with Crippen LogP contribution in [-0.2, 0) is 6.42 Å². The van der Waals surface area contributed by atoms with Crippen LogP contribution in [0.2, 0.25) is 0 Å². The zero-order valence-corrected chi connectivity index (χ0v) is 9.84. The first-order valence-corrected chi connectivity index (χ1v) is 5.45. The van der Waals surface area contributed by atoms with Crippen LogP contribution < -0.4 is 0 Å². The van der Waals surface area contributed by atoms with Gasteiger partial charge >= 0.3 is 0 Å². The minimum absolute atomic E-state index is 1.12. The first-order chi connectivity index (χ1) is 6.24. The third-order valence-electron chi connectivity index (χ3n) is 2.26. The Morgan fingerprint density at radius 1 is 1.31 bits per heavy atom. The second-order valence-electron chi connectivity index (χ2n) is 3.24. The van der Waals surface area contributed by atoms with E-state index in [9.17, 15) is 0 Å². The summed E-state index contributed by atoms with van der Waals surface area (Å²) in [6, 6.07) is 8.41. The van der Waals surface area contributed by atoms with Crippen LogP contribution in [0.25, 0.3) is 0 Å². The molecule has 0 amide bonds. The van der Waals surface area contributed by atoms with Crippen molar-refractivity contribution in [3.05, 3.63) is 34.3 Å². The predicted octanol–water partition coefficient (Wildman–Crippen LogP) is 2.94. The Morgan fingerprint density at radius 3 is 2.62 bits per heavy atom. The molecule has 0 heterocycles. The van der Waals surface area contributed by atoms with E-state index in [1.54, 1.807) is 0 Å². The Kier molecular flexibility index (Phi) is 4.46. The number of hydrogen-bond donors (Lipinski definition) is 0. The second kappa shape index (κ2) is 5.40. The van der Waals surface area contributed by atoms with Gasteiger partial charge in [0.25, 0.3) is 0 Å². The number of benzene rings is 1. The first kappa shape index (κ1) is 10.7. The molecule has 1 nitrogen and oxygen atoms in total. The maximum absolute atomic E-state index is 3.55. The summed E-state index contributed by atoms with van der Waals surface area (Å²) >= 11 is 3.55. The van der Waals surface area contributed by atoms with E-state index >= 15 is 0 Å². The van der Waals surface area contributed by atoms with Crippen molar-refractivity contribution >= 4 is 15.9 Å². The normalized spacial score (nSPS) is 10.8. The molecule has 0 fully saturated rings. The molecule has 0 unspecified atom stereocenters. The fourth-order valence-corrected chi connectivity index (χ4v) is 1.65. The zero-order chi connectivity index (χ0) is 9.68. The quantitative estimate of drug-likeness (QED) is 0.784. The van der Waals surface area contributed by atoms with Crippen molar-refractivity contribution in [2.75, 3.05) is 20.1 Å². The van der Waals surface area contributed by atoms with Crippen LogP contribution in [0.3, 0.4) is 0 Å². The fourth-order valence-electron chi connectivity index (χ4n) is 1.17. The van der Waals surface area contributed by atoms with Crippen molar-refractivity contribution in [3.63, 3.8) is 0 Å². The smallest absolute Gasteiger partial charge is 0.0207 e. The largest absolute Gasteiger partial charge is 0.306 e. The molecule has 0 spiro atoms. The molecule has 1 aromatic carbocycles. The van der Waals surface area contributed by atoms with Gasteiger partial charge in [0.05, 0.1) is 0 Å². The molecule has 0 N–H and O–H groups in total. The predicted molar refractivity (Wildman–Crippen MR) is 61.0 cm³/mol. The van der Waals surface area contributed by atoms with Crippen LogP contribution in [-0.4, -0.2) is 25.0 Å². The molecule has 1 rings (SSSR count). The van der Waals surface area contributed by atoms with E-state index in [2.05, 4.69) is 59.1 Å². The molecule has 13 heavy (non-hydrogen) atoms. The van der Waals surface area contributed by atoms with Crippen molar-refractivity contribution in [2.24, 2.45) is 0 Å². The average Bonchev–Trinajstić information content (AvgIpc) is 2.16. The van der Waals surface area contributed by atoms with Gasteiger partial charge in [-0.1, -0.05) is 41.1 Å². The third kappa shape index (κ3) is 3.49. The lowest BCUT2D eigenvalue weighted by Crippen LogP contribution is -2.20. The summed E-state index contributed by atoms with van der Waals surface area (Å²) in [4.78, 5) is 2.32. The van der Waals surface area contributed by atoms with Gasteiger partial charge in [0, 0.05) is 11.0 Å². The van der Waals surface area contributed by atoms with Gasteiger partial charge in [0.2, 0.25) is 0 Å². The van der Waals surface area contributed by atoms with Crippen LogP contribution in [0.15, 0.2) is 28.7 Å². The van der Waals surface area contributed by atoms with Crippen molar-refractivity contribution in [2.45, 2.75) is 13.3 Å². The third-order valence-corrected chi connectivity index (χ3v) is 3.03.